The third kappa shape index (κ3) is 4.42. The lowest BCUT2D eigenvalue weighted by molar-refractivity contribution is 0.228. The molecule has 1 heterocycles. The third-order valence-corrected chi connectivity index (χ3v) is 5.26. The normalized spacial score (nSPS) is 20.7. The van der Waals surface area contributed by atoms with Crippen molar-refractivity contribution in [3.8, 4) is 5.75 Å². The van der Waals surface area contributed by atoms with Crippen LogP contribution in [0.1, 0.15) is 37.3 Å². The minimum Gasteiger partial charge on any atom is -0.489 e. The molecule has 2 aromatic carbocycles. The molecule has 1 aliphatic rings. The zero-order chi connectivity index (χ0) is 17.5. The van der Waals surface area contributed by atoms with Crippen LogP contribution in [0.3, 0.4) is 0 Å². The predicted molar refractivity (Wildman–Crippen MR) is 102 cm³/mol. The van der Waals surface area contributed by atoms with E-state index in [9.17, 15) is 5.11 Å². The van der Waals surface area contributed by atoms with Crippen molar-refractivity contribution in [3.05, 3.63) is 65.7 Å². The van der Waals surface area contributed by atoms with E-state index in [1.54, 1.807) is 0 Å². The van der Waals surface area contributed by atoms with Crippen molar-refractivity contribution in [1.82, 2.24) is 4.90 Å². The van der Waals surface area contributed by atoms with E-state index in [2.05, 4.69) is 42.2 Å². The summed E-state index contributed by atoms with van der Waals surface area (Å²) in [5.74, 6) is 0.910. The predicted octanol–water partition coefficient (Wildman–Crippen LogP) is 4.00. The SMILES string of the molecule is CCCN1CCC(CCO)(c2cccc(OCc3ccccc3)c2)C1. The van der Waals surface area contributed by atoms with Crippen LogP contribution in [0.25, 0.3) is 0 Å². The second-order valence-corrected chi connectivity index (χ2v) is 7.08. The van der Waals surface area contributed by atoms with Gasteiger partial charge in [-0.2, -0.15) is 0 Å². The third-order valence-electron chi connectivity index (χ3n) is 5.26. The van der Waals surface area contributed by atoms with Gasteiger partial charge in [0, 0.05) is 18.6 Å². The van der Waals surface area contributed by atoms with Crippen LogP contribution in [-0.4, -0.2) is 36.2 Å². The van der Waals surface area contributed by atoms with Gasteiger partial charge < -0.3 is 14.7 Å². The Morgan fingerprint density at radius 2 is 1.96 bits per heavy atom. The van der Waals surface area contributed by atoms with Gasteiger partial charge in [-0.1, -0.05) is 49.4 Å². The smallest absolute Gasteiger partial charge is 0.120 e. The molecule has 0 aromatic heterocycles. The van der Waals surface area contributed by atoms with Gasteiger partial charge in [0.25, 0.3) is 0 Å². The highest BCUT2D eigenvalue weighted by molar-refractivity contribution is 5.35. The number of ether oxygens (including phenoxy) is 1. The first-order valence-electron chi connectivity index (χ1n) is 9.36. The van der Waals surface area contributed by atoms with Gasteiger partial charge in [-0.25, -0.2) is 0 Å². The zero-order valence-corrected chi connectivity index (χ0v) is 15.2. The van der Waals surface area contributed by atoms with Gasteiger partial charge in [0.1, 0.15) is 12.4 Å². The molecule has 0 radical (unpaired) electrons. The van der Waals surface area contributed by atoms with Gasteiger partial charge in [0.15, 0.2) is 0 Å². The summed E-state index contributed by atoms with van der Waals surface area (Å²) < 4.78 is 6.01. The van der Waals surface area contributed by atoms with Gasteiger partial charge in [-0.3, -0.25) is 0 Å². The van der Waals surface area contributed by atoms with E-state index >= 15 is 0 Å². The topological polar surface area (TPSA) is 32.7 Å². The summed E-state index contributed by atoms with van der Waals surface area (Å²) in [6, 6.07) is 18.7. The quantitative estimate of drug-likeness (QED) is 0.789. The summed E-state index contributed by atoms with van der Waals surface area (Å²) in [5.41, 5.74) is 2.52. The molecule has 1 unspecified atom stereocenters. The van der Waals surface area contributed by atoms with Crippen LogP contribution in [0.4, 0.5) is 0 Å². The molecule has 0 spiro atoms. The maximum Gasteiger partial charge on any atom is 0.120 e. The van der Waals surface area contributed by atoms with Crippen molar-refractivity contribution in [1.29, 1.82) is 0 Å². The molecule has 134 valence electrons. The molecule has 0 amide bonds. The summed E-state index contributed by atoms with van der Waals surface area (Å²) in [6.07, 6.45) is 3.10. The van der Waals surface area contributed by atoms with Crippen LogP contribution in [0.5, 0.6) is 5.75 Å². The van der Waals surface area contributed by atoms with Crippen molar-refractivity contribution < 1.29 is 9.84 Å². The molecule has 25 heavy (non-hydrogen) atoms. The second-order valence-electron chi connectivity index (χ2n) is 7.08. The van der Waals surface area contributed by atoms with Gasteiger partial charge in [-0.15, -0.1) is 0 Å². The highest BCUT2D eigenvalue weighted by atomic mass is 16.5. The Kier molecular flexibility index (Phi) is 6.11. The Balaban J connectivity index is 1.74. The van der Waals surface area contributed by atoms with Crippen LogP contribution in [-0.2, 0) is 12.0 Å². The molecule has 0 aliphatic carbocycles. The van der Waals surface area contributed by atoms with Crippen LogP contribution in [0.2, 0.25) is 0 Å². The molecular weight excluding hydrogens is 310 g/mol. The number of hydrogen-bond acceptors (Lipinski definition) is 3. The highest BCUT2D eigenvalue weighted by Gasteiger charge is 2.38. The van der Waals surface area contributed by atoms with Gasteiger partial charge in [0.2, 0.25) is 0 Å². The summed E-state index contributed by atoms with van der Waals surface area (Å²) in [6.45, 7) is 6.32. The van der Waals surface area contributed by atoms with E-state index in [1.807, 2.05) is 24.3 Å². The molecule has 3 nitrogen and oxygen atoms in total. The number of aliphatic hydroxyl groups excluding tert-OH is 1. The summed E-state index contributed by atoms with van der Waals surface area (Å²) in [7, 11) is 0. The molecule has 0 saturated carbocycles. The van der Waals surface area contributed by atoms with Crippen LogP contribution < -0.4 is 4.74 Å². The van der Waals surface area contributed by atoms with Crippen LogP contribution in [0, 0.1) is 0 Å². The standard InChI is InChI=1S/C22H29NO2/c1-2-13-23-14-11-22(18-23,12-15-24)20-9-6-10-21(16-20)25-17-19-7-4-3-5-8-19/h3-10,16,24H,2,11-15,17-18H2,1H3. The van der Waals surface area contributed by atoms with Crippen molar-refractivity contribution >= 4 is 0 Å². The fourth-order valence-electron chi connectivity index (χ4n) is 3.92. The number of likely N-dealkylation sites (tertiary alicyclic amines) is 1. The first-order chi connectivity index (χ1) is 12.3. The maximum atomic E-state index is 9.64. The lowest BCUT2D eigenvalue weighted by atomic mass is 9.77. The summed E-state index contributed by atoms with van der Waals surface area (Å²) >= 11 is 0. The lowest BCUT2D eigenvalue weighted by Crippen LogP contribution is -2.32. The van der Waals surface area contributed by atoms with E-state index in [0.717, 1.165) is 38.2 Å². The average Bonchev–Trinajstić information content (AvgIpc) is 3.06. The van der Waals surface area contributed by atoms with Crippen molar-refractivity contribution in [2.75, 3.05) is 26.2 Å². The van der Waals surface area contributed by atoms with E-state index in [0.29, 0.717) is 6.61 Å². The zero-order valence-electron chi connectivity index (χ0n) is 15.2. The minimum absolute atomic E-state index is 0.0516. The largest absolute Gasteiger partial charge is 0.489 e. The minimum atomic E-state index is 0.0516. The number of rotatable bonds is 8. The summed E-state index contributed by atoms with van der Waals surface area (Å²) in [4.78, 5) is 2.52. The number of aliphatic hydroxyl groups is 1. The van der Waals surface area contributed by atoms with Crippen molar-refractivity contribution in [3.63, 3.8) is 0 Å². The maximum absolute atomic E-state index is 9.64. The second kappa shape index (κ2) is 8.50. The molecular formula is C22H29NO2. The van der Waals surface area contributed by atoms with E-state index in [1.165, 1.54) is 17.5 Å². The fourth-order valence-corrected chi connectivity index (χ4v) is 3.92. The number of benzene rings is 2. The lowest BCUT2D eigenvalue weighted by Gasteiger charge is -2.30. The molecule has 1 N–H and O–H groups in total. The number of nitrogens with zero attached hydrogens (tertiary/aromatic N) is 1. The first kappa shape index (κ1) is 18.0. The molecule has 1 saturated heterocycles. The molecule has 0 bridgehead atoms. The molecule has 2 aromatic rings. The Morgan fingerprint density at radius 3 is 2.72 bits per heavy atom. The molecule has 1 atom stereocenters. The Morgan fingerprint density at radius 1 is 1.12 bits per heavy atom. The van der Waals surface area contributed by atoms with E-state index in [4.69, 9.17) is 4.74 Å². The van der Waals surface area contributed by atoms with E-state index in [-0.39, 0.29) is 12.0 Å². The number of hydrogen-bond donors (Lipinski definition) is 1. The molecule has 3 rings (SSSR count). The average molecular weight is 339 g/mol. The van der Waals surface area contributed by atoms with Crippen LogP contribution in [0.15, 0.2) is 54.6 Å². The first-order valence-corrected chi connectivity index (χ1v) is 9.36. The Bertz CT molecular complexity index is 658. The van der Waals surface area contributed by atoms with Crippen molar-refractivity contribution in [2.45, 2.75) is 38.2 Å². The Hall–Kier alpha value is -1.84. The highest BCUT2D eigenvalue weighted by Crippen LogP contribution is 2.39. The molecule has 1 fully saturated rings. The summed E-state index contributed by atoms with van der Waals surface area (Å²) in [5, 5.41) is 9.64. The van der Waals surface area contributed by atoms with Gasteiger partial charge in [-0.05, 0) is 55.6 Å². The monoisotopic (exact) mass is 339 g/mol. The van der Waals surface area contributed by atoms with E-state index < -0.39 is 0 Å². The molecule has 3 heteroatoms. The Labute approximate surface area is 151 Å². The molecule has 1 aliphatic heterocycles. The van der Waals surface area contributed by atoms with Crippen LogP contribution >= 0.6 is 0 Å². The fraction of sp³-hybridized carbons (Fsp3) is 0.455. The van der Waals surface area contributed by atoms with Gasteiger partial charge >= 0.3 is 0 Å². The van der Waals surface area contributed by atoms with Crippen molar-refractivity contribution in [2.24, 2.45) is 0 Å². The van der Waals surface area contributed by atoms with Gasteiger partial charge in [0.05, 0.1) is 0 Å².